The van der Waals surface area contributed by atoms with E-state index in [4.69, 9.17) is 0 Å². The number of carbonyl (C=O) groups is 2. The molecule has 0 aromatic carbocycles. The van der Waals surface area contributed by atoms with Crippen molar-refractivity contribution >= 4 is 21.9 Å². The van der Waals surface area contributed by atoms with E-state index in [9.17, 15) is 26.8 Å². The van der Waals surface area contributed by atoms with Gasteiger partial charge in [-0.05, 0) is 6.92 Å². The normalized spacial score (nSPS) is 12.2. The van der Waals surface area contributed by atoms with Crippen LogP contribution in [0.1, 0.15) is 38.7 Å². The highest BCUT2D eigenvalue weighted by Gasteiger charge is 2.31. The number of methoxy groups -OCH3 is 1. The molecule has 31 heavy (non-hydrogen) atoms. The van der Waals surface area contributed by atoms with Gasteiger partial charge in [-0.2, -0.15) is 9.40 Å². The summed E-state index contributed by atoms with van der Waals surface area (Å²) >= 11 is 0. The topological polar surface area (TPSA) is 152 Å². The molecule has 2 heterocycles. The predicted molar refractivity (Wildman–Crippen MR) is 103 cm³/mol. The van der Waals surface area contributed by atoms with Crippen molar-refractivity contribution in [1.29, 1.82) is 0 Å². The minimum Gasteiger partial charge on any atom is -0.465 e. The molecule has 1 amide bonds. The zero-order valence-corrected chi connectivity index (χ0v) is 18.2. The molecule has 0 unspecified atom stereocenters. The summed E-state index contributed by atoms with van der Waals surface area (Å²) in [4.78, 5) is 23.9. The van der Waals surface area contributed by atoms with E-state index in [1.165, 1.54) is 20.2 Å². The second-order valence-corrected chi connectivity index (χ2v) is 8.94. The number of alkyl halides is 2. The van der Waals surface area contributed by atoms with Crippen LogP contribution < -0.4 is 5.32 Å². The van der Waals surface area contributed by atoms with Gasteiger partial charge >= 0.3 is 5.97 Å². The average molecular weight is 463 g/mol. The van der Waals surface area contributed by atoms with Crippen LogP contribution in [0.2, 0.25) is 0 Å². The van der Waals surface area contributed by atoms with E-state index in [0.717, 1.165) is 22.4 Å². The molecule has 12 nitrogen and oxygen atoms in total. The summed E-state index contributed by atoms with van der Waals surface area (Å²) < 4.78 is 57.8. The van der Waals surface area contributed by atoms with Gasteiger partial charge in [0, 0.05) is 25.7 Å². The van der Waals surface area contributed by atoms with E-state index < -0.39 is 47.3 Å². The van der Waals surface area contributed by atoms with E-state index >= 15 is 0 Å². The van der Waals surface area contributed by atoms with Gasteiger partial charge in [0.2, 0.25) is 10.0 Å². The van der Waals surface area contributed by atoms with Gasteiger partial charge in [-0.1, -0.05) is 5.21 Å². The fraction of sp³-hybridized carbons (Fsp3) is 0.562. The van der Waals surface area contributed by atoms with Crippen molar-refractivity contribution in [2.45, 2.75) is 32.4 Å². The Hall–Kier alpha value is -2.94. The molecular weight excluding hydrogens is 440 g/mol. The van der Waals surface area contributed by atoms with Crippen molar-refractivity contribution in [3.63, 3.8) is 0 Å². The molecule has 2 rings (SSSR count). The molecule has 2 N–H and O–H groups in total. The molecule has 0 aliphatic heterocycles. The van der Waals surface area contributed by atoms with Gasteiger partial charge in [-0.3, -0.25) is 9.89 Å². The van der Waals surface area contributed by atoms with Crippen LogP contribution >= 0.6 is 0 Å². The maximum absolute atomic E-state index is 14.2. The average Bonchev–Trinajstić information content (AvgIpc) is 3.25. The molecule has 0 radical (unpaired) electrons. The number of ether oxygens (including phenoxy) is 1. The van der Waals surface area contributed by atoms with Gasteiger partial charge in [-0.15, -0.1) is 5.10 Å². The molecule has 0 fully saturated rings. The minimum atomic E-state index is -3.45. The van der Waals surface area contributed by atoms with Crippen molar-refractivity contribution in [3.05, 3.63) is 28.8 Å². The Morgan fingerprint density at radius 2 is 2.06 bits per heavy atom. The van der Waals surface area contributed by atoms with Crippen LogP contribution in [-0.2, 0) is 27.8 Å². The van der Waals surface area contributed by atoms with Gasteiger partial charge in [0.1, 0.15) is 12.1 Å². The Morgan fingerprint density at radius 1 is 1.39 bits per heavy atom. The monoisotopic (exact) mass is 463 g/mol. The molecular formula is C16H23F2N7O5S. The number of halogens is 2. The van der Waals surface area contributed by atoms with Gasteiger partial charge < -0.3 is 10.1 Å². The molecule has 0 spiro atoms. The molecule has 0 saturated heterocycles. The maximum atomic E-state index is 14.2. The van der Waals surface area contributed by atoms with Crippen molar-refractivity contribution < 1.29 is 31.5 Å². The predicted octanol–water partition coefficient (Wildman–Crippen LogP) is -0.0570. The van der Waals surface area contributed by atoms with E-state index in [2.05, 4.69) is 30.6 Å². The number of amides is 1. The summed E-state index contributed by atoms with van der Waals surface area (Å²) in [5.41, 5.74) is 0.205. The zero-order chi connectivity index (χ0) is 23.4. The number of H-pyrrole nitrogens is 1. The van der Waals surface area contributed by atoms with Crippen LogP contribution in [0.5, 0.6) is 0 Å². The molecule has 0 saturated carbocycles. The number of nitrogens with zero attached hydrogens (tertiary/aromatic N) is 5. The number of nitrogens with one attached hydrogen (secondary N) is 2. The van der Waals surface area contributed by atoms with E-state index in [-0.39, 0.29) is 23.5 Å². The van der Waals surface area contributed by atoms with E-state index in [0.29, 0.717) is 5.69 Å². The van der Waals surface area contributed by atoms with Crippen LogP contribution in [0, 0.1) is 6.92 Å². The highest BCUT2D eigenvalue weighted by Crippen LogP contribution is 2.20. The number of aromatic amines is 1. The van der Waals surface area contributed by atoms with Crippen molar-refractivity contribution in [2.24, 2.45) is 0 Å². The van der Waals surface area contributed by atoms with Crippen molar-refractivity contribution in [2.75, 3.05) is 27.0 Å². The van der Waals surface area contributed by atoms with E-state index in [1.54, 1.807) is 0 Å². The molecule has 0 bridgehead atoms. The first-order valence-electron chi connectivity index (χ1n) is 8.93. The van der Waals surface area contributed by atoms with Crippen LogP contribution in [0.25, 0.3) is 0 Å². The summed E-state index contributed by atoms with van der Waals surface area (Å²) in [5.74, 6) is -4.81. The number of aromatic nitrogens is 5. The SMILES string of the molecule is COC(=O)c1c(C(=O)NCCC(F)(F)Cn2cc(CN(C)S(C)(=O)=O)nn2)n[nH]c1C. The smallest absolute Gasteiger partial charge is 0.342 e. The Bertz CT molecular complexity index is 1050. The summed E-state index contributed by atoms with van der Waals surface area (Å²) in [6.45, 7) is 0.209. The largest absolute Gasteiger partial charge is 0.465 e. The van der Waals surface area contributed by atoms with Crippen LogP contribution in [-0.4, -0.2) is 82.7 Å². The van der Waals surface area contributed by atoms with Crippen LogP contribution in [0.15, 0.2) is 6.20 Å². The number of hydrogen-bond donors (Lipinski definition) is 2. The lowest BCUT2D eigenvalue weighted by molar-refractivity contribution is -0.0268. The van der Waals surface area contributed by atoms with Crippen LogP contribution in [0.4, 0.5) is 8.78 Å². The number of sulfonamides is 1. The Morgan fingerprint density at radius 3 is 2.68 bits per heavy atom. The summed E-state index contributed by atoms with van der Waals surface area (Å²) in [6, 6.07) is 0. The Labute approximate surface area is 177 Å². The standard InChI is InChI=1S/C16H23F2N7O5S/c1-10-12(15(27)30-3)13(22-20-10)14(26)19-6-5-16(17,18)9-25-8-11(21-23-25)7-24(2)31(4,28)29/h8H,5-7,9H2,1-4H3,(H,19,26)(H,20,22). The molecule has 15 heteroatoms. The highest BCUT2D eigenvalue weighted by atomic mass is 32.2. The molecule has 2 aromatic rings. The minimum absolute atomic E-state index is 0.0685. The summed E-state index contributed by atoms with van der Waals surface area (Å²) in [7, 11) is -0.971. The highest BCUT2D eigenvalue weighted by molar-refractivity contribution is 7.88. The lowest BCUT2D eigenvalue weighted by Gasteiger charge is -2.16. The van der Waals surface area contributed by atoms with Crippen molar-refractivity contribution in [1.82, 2.24) is 34.8 Å². The first kappa shape index (κ1) is 24.3. The maximum Gasteiger partial charge on any atom is 0.342 e. The molecule has 0 aliphatic carbocycles. The number of carbonyl (C=O) groups excluding carboxylic acids is 2. The van der Waals surface area contributed by atoms with Gasteiger partial charge in [0.15, 0.2) is 5.69 Å². The second kappa shape index (κ2) is 9.47. The molecule has 172 valence electrons. The molecule has 2 aromatic heterocycles. The lowest BCUT2D eigenvalue weighted by atomic mass is 10.1. The fourth-order valence-electron chi connectivity index (χ4n) is 2.54. The Kier molecular flexibility index (Phi) is 7.43. The van der Waals surface area contributed by atoms with Gasteiger partial charge in [0.25, 0.3) is 11.8 Å². The zero-order valence-electron chi connectivity index (χ0n) is 17.3. The van der Waals surface area contributed by atoms with Crippen molar-refractivity contribution in [3.8, 4) is 0 Å². The van der Waals surface area contributed by atoms with Gasteiger partial charge in [0.05, 0.1) is 31.8 Å². The second-order valence-electron chi connectivity index (χ2n) is 6.85. The molecule has 0 atom stereocenters. The summed E-state index contributed by atoms with van der Waals surface area (Å²) in [5, 5.41) is 15.8. The Balaban J connectivity index is 1.92. The van der Waals surface area contributed by atoms with E-state index in [1.807, 2.05) is 0 Å². The van der Waals surface area contributed by atoms with Gasteiger partial charge in [-0.25, -0.2) is 26.7 Å². The third kappa shape index (κ3) is 6.52. The number of aryl methyl sites for hydroxylation is 1. The first-order chi connectivity index (χ1) is 14.3. The lowest BCUT2D eigenvalue weighted by Crippen LogP contribution is -2.33. The fourth-order valence-corrected chi connectivity index (χ4v) is 2.90. The summed E-state index contributed by atoms with van der Waals surface area (Å²) in [6.07, 6.45) is 1.52. The van der Waals surface area contributed by atoms with Crippen LogP contribution in [0.3, 0.4) is 0 Å². The quantitative estimate of drug-likeness (QED) is 0.465. The number of hydrogen-bond acceptors (Lipinski definition) is 8. The third-order valence-corrected chi connectivity index (χ3v) is 5.52. The number of esters is 1. The number of rotatable bonds is 10. The first-order valence-corrected chi connectivity index (χ1v) is 10.8. The third-order valence-electron chi connectivity index (χ3n) is 4.26. The molecule has 0 aliphatic rings.